The molecule has 0 bridgehead atoms. The summed E-state index contributed by atoms with van der Waals surface area (Å²) in [5.74, 6) is 0.0843. The van der Waals surface area contributed by atoms with Crippen molar-refractivity contribution in [1.82, 2.24) is 9.97 Å². The maximum absolute atomic E-state index is 11.6. The zero-order chi connectivity index (χ0) is 19.4. The van der Waals surface area contributed by atoms with E-state index in [9.17, 15) is 14.9 Å². The normalized spacial score (nSPS) is 10.3. The molecule has 8 heteroatoms. The Hall–Kier alpha value is -3.81. The molecule has 0 amide bonds. The van der Waals surface area contributed by atoms with Crippen LogP contribution in [0.2, 0.25) is 0 Å². The Morgan fingerprint density at radius 1 is 0.926 bits per heavy atom. The van der Waals surface area contributed by atoms with Gasteiger partial charge in [-0.2, -0.15) is 0 Å². The van der Waals surface area contributed by atoms with Crippen molar-refractivity contribution in [2.45, 2.75) is 13.8 Å². The average molecular weight is 363 g/mol. The second-order valence-electron chi connectivity index (χ2n) is 5.93. The zero-order valence-corrected chi connectivity index (χ0v) is 14.8. The van der Waals surface area contributed by atoms with Crippen molar-refractivity contribution in [3.63, 3.8) is 0 Å². The van der Waals surface area contributed by atoms with Crippen LogP contribution in [0.1, 0.15) is 22.8 Å². The highest BCUT2D eigenvalue weighted by molar-refractivity contribution is 5.94. The van der Waals surface area contributed by atoms with E-state index in [0.717, 1.165) is 5.56 Å². The minimum atomic E-state index is -0.539. The van der Waals surface area contributed by atoms with E-state index < -0.39 is 4.92 Å². The minimum absolute atomic E-state index is 0.0557. The molecule has 1 aromatic heterocycles. The van der Waals surface area contributed by atoms with Crippen LogP contribution in [0.3, 0.4) is 0 Å². The first kappa shape index (κ1) is 18.0. The van der Waals surface area contributed by atoms with Crippen molar-refractivity contribution in [3.05, 3.63) is 76.1 Å². The molecule has 2 aromatic carbocycles. The van der Waals surface area contributed by atoms with Crippen LogP contribution in [0.15, 0.2) is 54.9 Å². The molecule has 0 fully saturated rings. The minimum Gasteiger partial charge on any atom is -0.334 e. The maximum Gasteiger partial charge on any atom is 0.353 e. The standard InChI is InChI=1S/C19H17N5O3/c1-12-3-7-15(8-4-12)22-18-17(24(26)27)19(21-11-20-18)23-16-9-5-14(6-10-16)13(2)25/h3-11H,1-2H3,(H2,20,21,22,23). The van der Waals surface area contributed by atoms with Gasteiger partial charge in [0.05, 0.1) is 4.92 Å². The average Bonchev–Trinajstić information content (AvgIpc) is 2.64. The number of anilines is 4. The fourth-order valence-corrected chi connectivity index (χ4v) is 2.43. The number of aryl methyl sites for hydroxylation is 1. The van der Waals surface area contributed by atoms with Gasteiger partial charge < -0.3 is 10.6 Å². The molecule has 0 saturated heterocycles. The molecule has 0 atom stereocenters. The number of benzene rings is 2. The van der Waals surface area contributed by atoms with Crippen molar-refractivity contribution in [2.75, 3.05) is 10.6 Å². The lowest BCUT2D eigenvalue weighted by atomic mass is 10.1. The summed E-state index contributed by atoms with van der Waals surface area (Å²) in [4.78, 5) is 30.4. The van der Waals surface area contributed by atoms with E-state index in [1.54, 1.807) is 24.3 Å². The molecule has 2 N–H and O–H groups in total. The summed E-state index contributed by atoms with van der Waals surface area (Å²) in [7, 11) is 0. The molecule has 3 aromatic rings. The summed E-state index contributed by atoms with van der Waals surface area (Å²) in [6, 6.07) is 14.0. The van der Waals surface area contributed by atoms with Crippen LogP contribution in [0.4, 0.5) is 28.7 Å². The summed E-state index contributed by atoms with van der Waals surface area (Å²) >= 11 is 0. The molecular weight excluding hydrogens is 346 g/mol. The molecule has 0 spiro atoms. The van der Waals surface area contributed by atoms with Gasteiger partial charge in [0.15, 0.2) is 5.78 Å². The lowest BCUT2D eigenvalue weighted by Gasteiger charge is -2.10. The number of rotatable bonds is 6. The Labute approximate surface area is 155 Å². The Morgan fingerprint density at radius 3 is 1.85 bits per heavy atom. The molecular formula is C19H17N5O3. The third kappa shape index (κ3) is 4.24. The molecule has 1 heterocycles. The number of nitro groups is 1. The van der Waals surface area contributed by atoms with Crippen LogP contribution in [0.5, 0.6) is 0 Å². The van der Waals surface area contributed by atoms with Crippen molar-refractivity contribution < 1.29 is 9.72 Å². The third-order valence-electron chi connectivity index (χ3n) is 3.87. The van der Waals surface area contributed by atoms with Crippen molar-refractivity contribution in [2.24, 2.45) is 0 Å². The first-order valence-electron chi connectivity index (χ1n) is 8.15. The lowest BCUT2D eigenvalue weighted by molar-refractivity contribution is -0.383. The van der Waals surface area contributed by atoms with Gasteiger partial charge in [0, 0.05) is 16.9 Å². The van der Waals surface area contributed by atoms with Crippen LogP contribution in [-0.4, -0.2) is 20.7 Å². The van der Waals surface area contributed by atoms with Crippen molar-refractivity contribution in [3.8, 4) is 0 Å². The zero-order valence-electron chi connectivity index (χ0n) is 14.8. The molecule has 0 unspecified atom stereocenters. The van der Waals surface area contributed by atoms with Crippen LogP contribution in [0, 0.1) is 17.0 Å². The monoisotopic (exact) mass is 363 g/mol. The first-order chi connectivity index (χ1) is 12.9. The maximum atomic E-state index is 11.6. The molecule has 136 valence electrons. The highest BCUT2D eigenvalue weighted by Gasteiger charge is 2.23. The van der Waals surface area contributed by atoms with Gasteiger partial charge in [-0.1, -0.05) is 17.7 Å². The van der Waals surface area contributed by atoms with Crippen LogP contribution in [-0.2, 0) is 0 Å². The first-order valence-corrected chi connectivity index (χ1v) is 8.15. The van der Waals surface area contributed by atoms with Gasteiger partial charge in [0.1, 0.15) is 6.33 Å². The predicted molar refractivity (Wildman–Crippen MR) is 103 cm³/mol. The van der Waals surface area contributed by atoms with E-state index in [-0.39, 0.29) is 23.1 Å². The summed E-state index contributed by atoms with van der Waals surface area (Å²) in [6.45, 7) is 3.43. The number of carbonyl (C=O) groups is 1. The molecule has 0 saturated carbocycles. The SMILES string of the molecule is CC(=O)c1ccc(Nc2ncnc(Nc3ccc(C)cc3)c2[N+](=O)[O-])cc1. The summed E-state index contributed by atoms with van der Waals surface area (Å²) in [5.41, 5.74) is 2.62. The number of nitrogens with one attached hydrogen (secondary N) is 2. The second kappa shape index (κ2) is 7.61. The highest BCUT2D eigenvalue weighted by atomic mass is 16.6. The highest BCUT2D eigenvalue weighted by Crippen LogP contribution is 2.33. The van der Waals surface area contributed by atoms with Gasteiger partial charge in [-0.25, -0.2) is 9.97 Å². The van der Waals surface area contributed by atoms with E-state index in [1.807, 2.05) is 31.2 Å². The number of ketones is 1. The number of Topliss-reactive ketones (excluding diaryl/α,β-unsaturated/α-hetero) is 1. The summed E-state index contributed by atoms with van der Waals surface area (Å²) in [6.07, 6.45) is 1.25. The number of aromatic nitrogens is 2. The number of hydrogen-bond donors (Lipinski definition) is 2. The van der Waals surface area contributed by atoms with Crippen LogP contribution in [0.25, 0.3) is 0 Å². The van der Waals surface area contributed by atoms with Crippen molar-refractivity contribution >= 4 is 34.5 Å². The van der Waals surface area contributed by atoms with Gasteiger partial charge in [0.25, 0.3) is 0 Å². The number of hydrogen-bond acceptors (Lipinski definition) is 7. The van der Waals surface area contributed by atoms with E-state index >= 15 is 0 Å². The Kier molecular flexibility index (Phi) is 5.07. The molecule has 27 heavy (non-hydrogen) atoms. The van der Waals surface area contributed by atoms with E-state index in [0.29, 0.717) is 16.9 Å². The second-order valence-corrected chi connectivity index (χ2v) is 5.93. The van der Waals surface area contributed by atoms with Crippen molar-refractivity contribution in [1.29, 1.82) is 0 Å². The van der Waals surface area contributed by atoms with Gasteiger partial charge in [-0.15, -0.1) is 0 Å². The Bertz CT molecular complexity index is 985. The summed E-state index contributed by atoms with van der Waals surface area (Å²) in [5, 5.41) is 17.5. The predicted octanol–water partition coefficient (Wildman–Crippen LogP) is 4.38. The van der Waals surface area contributed by atoms with Gasteiger partial charge in [-0.3, -0.25) is 14.9 Å². The van der Waals surface area contributed by atoms with E-state index in [1.165, 1.54) is 13.3 Å². The molecule has 0 aliphatic carbocycles. The van der Waals surface area contributed by atoms with Crippen LogP contribution >= 0.6 is 0 Å². The molecule has 8 nitrogen and oxygen atoms in total. The van der Waals surface area contributed by atoms with E-state index in [2.05, 4.69) is 20.6 Å². The fraction of sp³-hybridized carbons (Fsp3) is 0.105. The summed E-state index contributed by atoms with van der Waals surface area (Å²) < 4.78 is 0. The van der Waals surface area contributed by atoms with E-state index in [4.69, 9.17) is 0 Å². The fourth-order valence-electron chi connectivity index (χ4n) is 2.43. The van der Waals surface area contributed by atoms with Crippen LogP contribution < -0.4 is 10.6 Å². The molecule has 3 rings (SSSR count). The number of nitrogens with zero attached hydrogens (tertiary/aromatic N) is 3. The Balaban J connectivity index is 1.92. The largest absolute Gasteiger partial charge is 0.353 e. The van der Waals surface area contributed by atoms with Gasteiger partial charge in [0.2, 0.25) is 11.6 Å². The lowest BCUT2D eigenvalue weighted by Crippen LogP contribution is -2.05. The molecule has 0 aliphatic heterocycles. The number of carbonyl (C=O) groups excluding carboxylic acids is 1. The quantitative estimate of drug-likeness (QED) is 0.380. The topological polar surface area (TPSA) is 110 Å². The smallest absolute Gasteiger partial charge is 0.334 e. The molecule has 0 radical (unpaired) electrons. The van der Waals surface area contributed by atoms with Gasteiger partial charge >= 0.3 is 5.69 Å². The third-order valence-corrected chi connectivity index (χ3v) is 3.87. The van der Waals surface area contributed by atoms with Gasteiger partial charge in [-0.05, 0) is 50.2 Å². The molecule has 0 aliphatic rings. The Morgan fingerprint density at radius 2 is 1.41 bits per heavy atom.